The molecule has 0 aliphatic rings. The molecule has 0 saturated carbocycles. The SMILES string of the molecule is Cc1ccc(C)c(Cc2ccc[nH]c2=S)c1. The Hall–Kier alpha value is -1.41. The van der Waals surface area contributed by atoms with Gasteiger partial charge >= 0.3 is 0 Å². The number of aromatic amines is 1. The summed E-state index contributed by atoms with van der Waals surface area (Å²) in [6.07, 6.45) is 2.78. The van der Waals surface area contributed by atoms with Crippen LogP contribution in [-0.2, 0) is 6.42 Å². The number of nitrogens with one attached hydrogen (secondary N) is 1. The minimum atomic E-state index is 0.836. The molecule has 0 bridgehead atoms. The zero-order valence-electron chi connectivity index (χ0n) is 9.58. The van der Waals surface area contributed by atoms with E-state index in [0.717, 1.165) is 11.1 Å². The molecule has 0 amide bonds. The molecule has 0 aliphatic carbocycles. The first kappa shape index (κ1) is 11.1. The summed E-state index contributed by atoms with van der Waals surface area (Å²) in [5.74, 6) is 0. The van der Waals surface area contributed by atoms with Crippen LogP contribution in [0.25, 0.3) is 0 Å². The largest absolute Gasteiger partial charge is 0.353 e. The van der Waals surface area contributed by atoms with E-state index in [1.54, 1.807) is 0 Å². The lowest BCUT2D eigenvalue weighted by atomic mass is 10.00. The van der Waals surface area contributed by atoms with Gasteiger partial charge in [0.05, 0.1) is 0 Å². The molecule has 2 heteroatoms. The fourth-order valence-electron chi connectivity index (χ4n) is 1.79. The van der Waals surface area contributed by atoms with E-state index in [-0.39, 0.29) is 0 Å². The molecular formula is C14H15NS. The van der Waals surface area contributed by atoms with E-state index in [9.17, 15) is 0 Å². The molecule has 0 aliphatic heterocycles. The summed E-state index contributed by atoms with van der Waals surface area (Å²) in [5.41, 5.74) is 5.16. The molecule has 1 N–H and O–H groups in total. The average molecular weight is 229 g/mol. The van der Waals surface area contributed by atoms with E-state index in [0.29, 0.717) is 0 Å². The van der Waals surface area contributed by atoms with Gasteiger partial charge in [-0.05, 0) is 36.6 Å². The van der Waals surface area contributed by atoms with Gasteiger partial charge in [0.25, 0.3) is 0 Å². The van der Waals surface area contributed by atoms with E-state index in [1.165, 1.54) is 22.3 Å². The standard InChI is InChI=1S/C14H15NS/c1-10-5-6-11(2)13(8-10)9-12-4-3-7-15-14(12)16/h3-8H,9H2,1-2H3,(H,15,16). The average Bonchev–Trinajstić information content (AvgIpc) is 2.27. The van der Waals surface area contributed by atoms with E-state index in [4.69, 9.17) is 12.2 Å². The monoisotopic (exact) mass is 229 g/mol. The summed E-state index contributed by atoms with van der Waals surface area (Å²) in [6, 6.07) is 10.6. The number of H-pyrrole nitrogens is 1. The maximum atomic E-state index is 5.27. The Labute approximate surface area is 101 Å². The summed E-state index contributed by atoms with van der Waals surface area (Å²) in [7, 11) is 0. The van der Waals surface area contributed by atoms with Crippen molar-refractivity contribution >= 4 is 12.2 Å². The lowest BCUT2D eigenvalue weighted by Gasteiger charge is -2.07. The van der Waals surface area contributed by atoms with E-state index < -0.39 is 0 Å². The van der Waals surface area contributed by atoms with Gasteiger partial charge in [-0.15, -0.1) is 0 Å². The zero-order chi connectivity index (χ0) is 11.5. The number of rotatable bonds is 2. The topological polar surface area (TPSA) is 15.8 Å². The molecule has 1 heterocycles. The second-order valence-electron chi connectivity index (χ2n) is 4.13. The summed E-state index contributed by atoms with van der Waals surface area (Å²) in [5, 5.41) is 0. The Kier molecular flexibility index (Phi) is 3.20. The predicted molar refractivity (Wildman–Crippen MR) is 70.3 cm³/mol. The first-order chi connectivity index (χ1) is 7.66. The molecule has 2 aromatic rings. The van der Waals surface area contributed by atoms with Crippen molar-refractivity contribution in [2.45, 2.75) is 20.3 Å². The lowest BCUT2D eigenvalue weighted by Crippen LogP contribution is -1.94. The van der Waals surface area contributed by atoms with Crippen molar-refractivity contribution in [2.24, 2.45) is 0 Å². The fraction of sp³-hybridized carbons (Fsp3) is 0.214. The highest BCUT2D eigenvalue weighted by molar-refractivity contribution is 7.71. The molecule has 1 nitrogen and oxygen atoms in total. The summed E-state index contributed by atoms with van der Waals surface area (Å²) >= 11 is 5.27. The van der Waals surface area contributed by atoms with Gasteiger partial charge in [-0.2, -0.15) is 0 Å². The fourth-order valence-corrected chi connectivity index (χ4v) is 2.00. The van der Waals surface area contributed by atoms with Crippen LogP contribution in [0.5, 0.6) is 0 Å². The van der Waals surface area contributed by atoms with Gasteiger partial charge in [-0.1, -0.05) is 42.0 Å². The molecule has 0 spiro atoms. The van der Waals surface area contributed by atoms with Crippen molar-refractivity contribution in [2.75, 3.05) is 0 Å². The van der Waals surface area contributed by atoms with Crippen LogP contribution in [0.15, 0.2) is 36.5 Å². The third-order valence-corrected chi connectivity index (χ3v) is 3.17. The highest BCUT2D eigenvalue weighted by Crippen LogP contribution is 2.15. The molecule has 1 aromatic carbocycles. The second kappa shape index (κ2) is 4.62. The number of aromatic nitrogens is 1. The maximum Gasteiger partial charge on any atom is 0.106 e. The molecule has 0 atom stereocenters. The van der Waals surface area contributed by atoms with E-state index >= 15 is 0 Å². The van der Waals surface area contributed by atoms with Crippen LogP contribution in [0.2, 0.25) is 0 Å². The molecule has 0 radical (unpaired) electrons. The maximum absolute atomic E-state index is 5.27. The third kappa shape index (κ3) is 2.39. The quantitative estimate of drug-likeness (QED) is 0.771. The number of hydrogen-bond acceptors (Lipinski definition) is 1. The Balaban J connectivity index is 2.38. The Bertz CT molecular complexity index is 555. The van der Waals surface area contributed by atoms with Gasteiger partial charge in [0.2, 0.25) is 0 Å². The first-order valence-corrected chi connectivity index (χ1v) is 5.80. The van der Waals surface area contributed by atoms with Crippen molar-refractivity contribution in [3.8, 4) is 0 Å². The van der Waals surface area contributed by atoms with Crippen LogP contribution in [0.1, 0.15) is 22.3 Å². The normalized spacial score (nSPS) is 10.4. The minimum absolute atomic E-state index is 0.836. The third-order valence-electron chi connectivity index (χ3n) is 2.79. The predicted octanol–water partition coefficient (Wildman–Crippen LogP) is 3.95. The van der Waals surface area contributed by atoms with Gasteiger partial charge < -0.3 is 4.98 Å². The zero-order valence-corrected chi connectivity index (χ0v) is 10.4. The smallest absolute Gasteiger partial charge is 0.106 e. The van der Waals surface area contributed by atoms with Crippen molar-refractivity contribution in [3.63, 3.8) is 0 Å². The molecule has 0 fully saturated rings. The van der Waals surface area contributed by atoms with Gasteiger partial charge in [-0.25, -0.2) is 0 Å². The van der Waals surface area contributed by atoms with Gasteiger partial charge in [0.1, 0.15) is 4.64 Å². The van der Waals surface area contributed by atoms with Crippen molar-refractivity contribution in [1.29, 1.82) is 0 Å². The molecule has 0 saturated heterocycles. The molecule has 1 aromatic heterocycles. The van der Waals surface area contributed by atoms with Gasteiger partial charge in [-0.3, -0.25) is 0 Å². The van der Waals surface area contributed by atoms with Crippen LogP contribution < -0.4 is 0 Å². The number of benzene rings is 1. The molecule has 0 unspecified atom stereocenters. The van der Waals surface area contributed by atoms with Crippen LogP contribution in [0, 0.1) is 18.5 Å². The Morgan fingerprint density at radius 1 is 1.12 bits per heavy atom. The lowest BCUT2D eigenvalue weighted by molar-refractivity contribution is 1.10. The van der Waals surface area contributed by atoms with Crippen molar-refractivity contribution < 1.29 is 0 Å². The molecule has 2 rings (SSSR count). The van der Waals surface area contributed by atoms with E-state index in [1.807, 2.05) is 12.3 Å². The van der Waals surface area contributed by atoms with Crippen molar-refractivity contribution in [1.82, 2.24) is 4.98 Å². The Morgan fingerprint density at radius 2 is 1.94 bits per heavy atom. The minimum Gasteiger partial charge on any atom is -0.353 e. The second-order valence-corrected chi connectivity index (χ2v) is 4.54. The summed E-state index contributed by atoms with van der Waals surface area (Å²) in [4.78, 5) is 3.07. The van der Waals surface area contributed by atoms with Crippen LogP contribution in [0.4, 0.5) is 0 Å². The highest BCUT2D eigenvalue weighted by Gasteiger charge is 2.01. The van der Waals surface area contributed by atoms with Crippen LogP contribution in [0.3, 0.4) is 0 Å². The Morgan fingerprint density at radius 3 is 2.69 bits per heavy atom. The van der Waals surface area contributed by atoms with E-state index in [2.05, 4.69) is 43.1 Å². The number of hydrogen-bond donors (Lipinski definition) is 1. The molecule has 82 valence electrons. The summed E-state index contributed by atoms with van der Waals surface area (Å²) < 4.78 is 0.836. The molecule has 16 heavy (non-hydrogen) atoms. The van der Waals surface area contributed by atoms with Crippen LogP contribution >= 0.6 is 12.2 Å². The summed E-state index contributed by atoms with van der Waals surface area (Å²) in [6.45, 7) is 4.26. The van der Waals surface area contributed by atoms with Gasteiger partial charge in [0.15, 0.2) is 0 Å². The highest BCUT2D eigenvalue weighted by atomic mass is 32.1. The van der Waals surface area contributed by atoms with Crippen LogP contribution in [-0.4, -0.2) is 4.98 Å². The first-order valence-electron chi connectivity index (χ1n) is 5.39. The van der Waals surface area contributed by atoms with Gasteiger partial charge in [0, 0.05) is 12.6 Å². The number of aryl methyl sites for hydroxylation is 2. The molecular weight excluding hydrogens is 214 g/mol. The number of pyridine rings is 1. The van der Waals surface area contributed by atoms with Crippen molar-refractivity contribution in [3.05, 3.63) is 63.4 Å².